The maximum Gasteiger partial charge on any atom is 0.258 e. The second-order valence-electron chi connectivity index (χ2n) is 2.92. The van der Waals surface area contributed by atoms with Crippen LogP contribution in [-0.4, -0.2) is 36.7 Å². The van der Waals surface area contributed by atoms with E-state index in [2.05, 4.69) is 0 Å². The molecule has 6 heteroatoms. The van der Waals surface area contributed by atoms with Crippen LogP contribution in [0, 0.1) is 0 Å². The number of likely N-dealkylation sites (N-methyl/N-ethyl adjacent to an activating group) is 1. The van der Waals surface area contributed by atoms with Crippen molar-refractivity contribution in [2.45, 2.75) is 0 Å². The van der Waals surface area contributed by atoms with Gasteiger partial charge in [0.1, 0.15) is 19.0 Å². The number of carbonyl (C=O) groups is 1. The Morgan fingerprint density at radius 3 is 2.54 bits per heavy atom. The van der Waals surface area contributed by atoms with E-state index in [0.717, 1.165) is 0 Å². The summed E-state index contributed by atoms with van der Waals surface area (Å²) in [6.07, 6.45) is 4.55. The number of hydrogen-bond acceptors (Lipinski definition) is 4. The van der Waals surface area contributed by atoms with Gasteiger partial charge in [0, 0.05) is 11.6 Å². The van der Waals surface area contributed by atoms with E-state index >= 15 is 0 Å². The van der Waals surface area contributed by atoms with Crippen molar-refractivity contribution in [2.75, 3.05) is 13.6 Å². The average Bonchev–Trinajstić information content (AvgIpc) is 2.04. The number of rotatable bonds is 2. The van der Waals surface area contributed by atoms with Crippen molar-refractivity contribution in [2.24, 2.45) is 0 Å². The summed E-state index contributed by atoms with van der Waals surface area (Å²) in [5, 5.41) is 0. The first kappa shape index (κ1) is 10.1. The van der Waals surface area contributed by atoms with Crippen LogP contribution in [0.3, 0.4) is 0 Å². The van der Waals surface area contributed by atoms with Gasteiger partial charge in [-0.15, -0.1) is 0 Å². The highest BCUT2D eigenvalue weighted by atomic mass is 32.2. The van der Waals surface area contributed by atoms with E-state index in [1.807, 2.05) is 0 Å². The van der Waals surface area contributed by atoms with E-state index in [4.69, 9.17) is 0 Å². The summed E-state index contributed by atoms with van der Waals surface area (Å²) in [7, 11) is -3.14. The highest BCUT2D eigenvalue weighted by Crippen LogP contribution is 2.16. The van der Waals surface area contributed by atoms with Crippen molar-refractivity contribution in [3.63, 3.8) is 0 Å². The van der Waals surface area contributed by atoms with Crippen LogP contribution in [0.1, 0.15) is 0 Å². The third kappa shape index (κ3) is 1.85. The maximum atomic E-state index is 10.8. The molecule has 0 fully saturated rings. The monoisotopic (exact) mass is 203 g/mol. The highest BCUT2D eigenvalue weighted by Gasteiger charge is 2.27. The SMILES string of the molecule is C[N+]1(S(=O)(=O)[O-])C=CC(C=O)=CC1. The lowest BCUT2D eigenvalue weighted by atomic mass is 10.2. The van der Waals surface area contributed by atoms with Gasteiger partial charge in [-0.1, -0.05) is 0 Å². The van der Waals surface area contributed by atoms with E-state index in [1.54, 1.807) is 0 Å². The minimum atomic E-state index is -4.42. The number of aldehydes is 1. The maximum absolute atomic E-state index is 10.8. The zero-order valence-corrected chi connectivity index (χ0v) is 7.82. The molecule has 0 bridgehead atoms. The Morgan fingerprint density at radius 1 is 1.62 bits per heavy atom. The molecule has 0 saturated heterocycles. The smallest absolute Gasteiger partial charge is 0.258 e. The fourth-order valence-corrected chi connectivity index (χ4v) is 1.38. The normalized spacial score (nSPS) is 28.3. The topological polar surface area (TPSA) is 74.3 Å². The molecule has 0 aromatic heterocycles. The third-order valence-corrected chi connectivity index (χ3v) is 3.21. The van der Waals surface area contributed by atoms with Gasteiger partial charge in [-0.05, 0) is 6.08 Å². The Hall–Kier alpha value is -0.980. The van der Waals surface area contributed by atoms with Crippen LogP contribution in [0.4, 0.5) is 0 Å². The van der Waals surface area contributed by atoms with Crippen LogP contribution in [0.25, 0.3) is 0 Å². The Kier molecular flexibility index (Phi) is 2.38. The lowest BCUT2D eigenvalue weighted by molar-refractivity contribution is -0.727. The molecule has 0 N–H and O–H groups in total. The molecule has 0 radical (unpaired) electrons. The number of quaternary nitrogens is 1. The second kappa shape index (κ2) is 3.06. The van der Waals surface area contributed by atoms with Gasteiger partial charge in [0.25, 0.3) is 10.3 Å². The Morgan fingerprint density at radius 2 is 2.23 bits per heavy atom. The Balaban J connectivity index is 3.00. The van der Waals surface area contributed by atoms with E-state index in [9.17, 15) is 17.8 Å². The summed E-state index contributed by atoms with van der Waals surface area (Å²) in [6.45, 7) is -0.00356. The minimum Gasteiger partial charge on any atom is -0.701 e. The summed E-state index contributed by atoms with van der Waals surface area (Å²) in [6, 6.07) is 0. The minimum absolute atomic E-state index is 0.00356. The molecule has 0 aliphatic carbocycles. The standard InChI is InChI=1S/C7H9NO4S/c1-8(13(10,11)12)4-2-7(6-9)3-5-8/h2-4,6H,5H2,1H3. The zero-order valence-electron chi connectivity index (χ0n) is 7.00. The largest absolute Gasteiger partial charge is 0.701 e. The molecule has 5 nitrogen and oxygen atoms in total. The van der Waals surface area contributed by atoms with E-state index in [1.165, 1.54) is 25.4 Å². The Bertz CT molecular complexity index is 381. The van der Waals surface area contributed by atoms with Crippen LogP contribution < -0.4 is 0 Å². The van der Waals surface area contributed by atoms with Crippen molar-refractivity contribution in [3.05, 3.63) is 23.9 Å². The van der Waals surface area contributed by atoms with Crippen LogP contribution in [0.15, 0.2) is 23.9 Å². The summed E-state index contributed by atoms with van der Waals surface area (Å²) < 4.78 is 31.5. The molecule has 1 rings (SSSR count). The summed E-state index contributed by atoms with van der Waals surface area (Å²) >= 11 is 0. The van der Waals surface area contributed by atoms with E-state index in [0.29, 0.717) is 11.9 Å². The van der Waals surface area contributed by atoms with Crippen molar-refractivity contribution < 1.29 is 21.7 Å². The molecule has 1 heterocycles. The summed E-state index contributed by atoms with van der Waals surface area (Å²) in [5.41, 5.74) is 0.388. The lowest BCUT2D eigenvalue weighted by Gasteiger charge is -2.32. The highest BCUT2D eigenvalue weighted by molar-refractivity contribution is 7.80. The first-order valence-electron chi connectivity index (χ1n) is 3.55. The molecule has 0 aromatic carbocycles. The van der Waals surface area contributed by atoms with Crippen molar-refractivity contribution >= 4 is 16.6 Å². The first-order valence-corrected chi connectivity index (χ1v) is 4.91. The molecule has 0 amide bonds. The van der Waals surface area contributed by atoms with Gasteiger partial charge >= 0.3 is 0 Å². The molecule has 0 aromatic rings. The number of allylic oxidation sites excluding steroid dienone is 2. The second-order valence-corrected chi connectivity index (χ2v) is 4.61. The quantitative estimate of drug-likeness (QED) is 0.346. The Labute approximate surface area is 76.4 Å². The predicted molar refractivity (Wildman–Crippen MR) is 44.0 cm³/mol. The van der Waals surface area contributed by atoms with Crippen molar-refractivity contribution in [1.29, 1.82) is 0 Å². The van der Waals surface area contributed by atoms with E-state index < -0.39 is 14.2 Å². The fraction of sp³-hybridized carbons (Fsp3) is 0.286. The van der Waals surface area contributed by atoms with Gasteiger partial charge in [-0.2, -0.15) is 8.42 Å². The van der Waals surface area contributed by atoms with Crippen LogP contribution in [-0.2, 0) is 15.1 Å². The van der Waals surface area contributed by atoms with Crippen molar-refractivity contribution in [1.82, 2.24) is 0 Å². The van der Waals surface area contributed by atoms with Gasteiger partial charge in [0.2, 0.25) is 0 Å². The van der Waals surface area contributed by atoms with Crippen LogP contribution >= 0.6 is 0 Å². The molecule has 0 spiro atoms. The van der Waals surface area contributed by atoms with Gasteiger partial charge < -0.3 is 4.55 Å². The molecule has 1 unspecified atom stereocenters. The lowest BCUT2D eigenvalue weighted by Crippen LogP contribution is -2.45. The molecular formula is C7H9NO4S. The molecule has 13 heavy (non-hydrogen) atoms. The van der Waals surface area contributed by atoms with Crippen LogP contribution in [0.5, 0.6) is 0 Å². The van der Waals surface area contributed by atoms with Gasteiger partial charge in [-0.25, -0.2) is 3.89 Å². The molecule has 72 valence electrons. The molecule has 1 aliphatic rings. The summed E-state index contributed by atoms with van der Waals surface area (Å²) in [5.74, 6) is 0. The molecular weight excluding hydrogens is 194 g/mol. The number of hydrogen-bond donors (Lipinski definition) is 0. The molecule has 0 saturated carbocycles. The fourth-order valence-electron chi connectivity index (χ4n) is 0.913. The first-order chi connectivity index (χ1) is 5.89. The van der Waals surface area contributed by atoms with E-state index in [-0.39, 0.29) is 6.54 Å². The zero-order chi connectivity index (χ0) is 10.1. The molecule has 1 aliphatic heterocycles. The van der Waals surface area contributed by atoms with Gasteiger partial charge in [0.05, 0.1) is 7.05 Å². The summed E-state index contributed by atoms with van der Waals surface area (Å²) in [4.78, 5) is 10.3. The predicted octanol–water partition coefficient (Wildman–Crippen LogP) is -0.454. The van der Waals surface area contributed by atoms with Crippen molar-refractivity contribution in [3.8, 4) is 0 Å². The van der Waals surface area contributed by atoms with Gasteiger partial charge in [-0.3, -0.25) is 4.79 Å². The number of carbonyl (C=O) groups excluding carboxylic acids is 1. The molecule has 1 atom stereocenters. The van der Waals surface area contributed by atoms with Gasteiger partial charge in [0.15, 0.2) is 0 Å². The third-order valence-electron chi connectivity index (χ3n) is 1.92. The van der Waals surface area contributed by atoms with Crippen LogP contribution in [0.2, 0.25) is 0 Å². The average molecular weight is 203 g/mol. The number of nitrogens with zero attached hydrogens (tertiary/aromatic N) is 1.